The molecule has 5 heterocycles. The zero-order valence-corrected chi connectivity index (χ0v) is 18.4. The minimum absolute atomic E-state index is 0.00178. The fraction of sp³-hybridized carbons (Fsp3) is 0.522. The Labute approximate surface area is 189 Å². The van der Waals surface area contributed by atoms with E-state index in [-0.39, 0.29) is 23.2 Å². The molecule has 0 bridgehead atoms. The number of ketones is 1. The number of carbonyl (C=O) groups is 1. The number of aromatic nitrogens is 4. The largest absolute Gasteiger partial charge is 0.492 e. The molecule has 0 radical (unpaired) electrons. The first-order chi connectivity index (χ1) is 15.9. The molecule has 2 fully saturated rings. The predicted molar refractivity (Wildman–Crippen MR) is 114 cm³/mol. The average molecular weight is 460 g/mol. The summed E-state index contributed by atoms with van der Waals surface area (Å²) in [4.78, 5) is 17.6. The van der Waals surface area contributed by atoms with E-state index in [0.29, 0.717) is 41.7 Å². The van der Waals surface area contributed by atoms with Crippen LogP contribution in [-0.4, -0.2) is 58.0 Å². The summed E-state index contributed by atoms with van der Waals surface area (Å²) in [6, 6.07) is 1.84. The lowest BCUT2D eigenvalue weighted by Gasteiger charge is -2.37. The maximum atomic E-state index is 12.9. The van der Waals surface area contributed by atoms with Gasteiger partial charge in [-0.1, -0.05) is 6.92 Å². The minimum Gasteiger partial charge on any atom is -0.492 e. The molecule has 0 aliphatic carbocycles. The van der Waals surface area contributed by atoms with Gasteiger partial charge in [-0.15, -0.1) is 0 Å². The quantitative estimate of drug-likeness (QED) is 0.478. The summed E-state index contributed by atoms with van der Waals surface area (Å²) in [7, 11) is 0. The topological polar surface area (TPSA) is 79.9 Å². The van der Waals surface area contributed by atoms with Crippen molar-refractivity contribution in [3.8, 4) is 5.75 Å². The van der Waals surface area contributed by atoms with Gasteiger partial charge in [-0.05, 0) is 12.8 Å². The lowest BCUT2D eigenvalue weighted by Crippen LogP contribution is -2.44. The van der Waals surface area contributed by atoms with Gasteiger partial charge in [0.05, 0.1) is 37.3 Å². The van der Waals surface area contributed by atoms with E-state index in [1.165, 1.54) is 6.20 Å². The van der Waals surface area contributed by atoms with Gasteiger partial charge >= 0.3 is 6.55 Å². The van der Waals surface area contributed by atoms with Crippen LogP contribution in [0.4, 0.5) is 8.78 Å². The zero-order chi connectivity index (χ0) is 23.0. The first kappa shape index (κ1) is 22.0. The van der Waals surface area contributed by atoms with E-state index in [4.69, 9.17) is 19.2 Å². The molecule has 0 saturated carbocycles. The van der Waals surface area contributed by atoms with Crippen molar-refractivity contribution in [3.63, 3.8) is 0 Å². The van der Waals surface area contributed by atoms with Crippen molar-refractivity contribution in [3.05, 3.63) is 47.7 Å². The van der Waals surface area contributed by atoms with Crippen molar-refractivity contribution in [2.24, 2.45) is 5.41 Å². The molecule has 0 aromatic carbocycles. The van der Waals surface area contributed by atoms with Crippen LogP contribution in [-0.2, 0) is 15.9 Å². The van der Waals surface area contributed by atoms with Gasteiger partial charge in [0.25, 0.3) is 0 Å². The Hall–Kier alpha value is -2.85. The van der Waals surface area contributed by atoms with Crippen LogP contribution in [0.15, 0.2) is 30.9 Å². The fourth-order valence-corrected chi connectivity index (χ4v) is 4.19. The molecule has 2 saturated heterocycles. The van der Waals surface area contributed by atoms with Crippen molar-refractivity contribution >= 4 is 11.4 Å². The molecule has 0 unspecified atom stereocenters. The second kappa shape index (κ2) is 8.83. The van der Waals surface area contributed by atoms with Crippen LogP contribution in [0.2, 0.25) is 0 Å². The number of Topliss-reactive ketones (excluding diaryl/α,β-unsaturated/α-hetero) is 1. The number of imidazole rings is 1. The lowest BCUT2D eigenvalue weighted by molar-refractivity contribution is -0.120. The molecule has 2 aliphatic heterocycles. The third-order valence-electron chi connectivity index (χ3n) is 6.24. The number of ether oxygens (including phenoxy) is 3. The molecule has 176 valence electrons. The first-order valence-corrected chi connectivity index (χ1v) is 11.1. The van der Waals surface area contributed by atoms with Crippen molar-refractivity contribution in [2.75, 3.05) is 33.0 Å². The number of nitrogens with zero attached hydrogens (tertiary/aromatic N) is 4. The maximum Gasteiger partial charge on any atom is 0.333 e. The number of alkyl halides is 2. The fourth-order valence-electron chi connectivity index (χ4n) is 4.19. The Balaban J connectivity index is 1.43. The standard InChI is InChI=1S/C23H26F2N4O4/c1-23(12-32-13-23)14-33-20-7-21-27-18(15-2-4-31-5-3-15)11-28(21)9-16(20)6-19(30)17-8-26-29(10-17)22(24)25/h7-11,15,22H,2-6,12-14H2,1H3. The highest BCUT2D eigenvalue weighted by molar-refractivity contribution is 5.97. The van der Waals surface area contributed by atoms with Crippen LogP contribution < -0.4 is 4.74 Å². The normalized spacial score (nSPS) is 18.5. The molecule has 5 rings (SSSR count). The molecular formula is C23H26F2N4O4. The van der Waals surface area contributed by atoms with E-state index in [1.54, 1.807) is 0 Å². The van der Waals surface area contributed by atoms with Gasteiger partial charge in [0.15, 0.2) is 5.78 Å². The predicted octanol–water partition coefficient (Wildman–Crippen LogP) is 3.66. The van der Waals surface area contributed by atoms with Crippen molar-refractivity contribution in [1.29, 1.82) is 0 Å². The monoisotopic (exact) mass is 460 g/mol. The number of hydrogen-bond acceptors (Lipinski definition) is 6. The maximum absolute atomic E-state index is 12.9. The summed E-state index contributed by atoms with van der Waals surface area (Å²) in [5.74, 6) is 0.586. The molecule has 33 heavy (non-hydrogen) atoms. The van der Waals surface area contributed by atoms with Crippen molar-refractivity contribution in [2.45, 2.75) is 38.7 Å². The first-order valence-electron chi connectivity index (χ1n) is 11.1. The molecule has 0 amide bonds. The van der Waals surface area contributed by atoms with E-state index in [2.05, 4.69) is 12.0 Å². The van der Waals surface area contributed by atoms with E-state index >= 15 is 0 Å². The Bertz CT molecular complexity index is 1150. The Morgan fingerprint density at radius 1 is 1.24 bits per heavy atom. The highest BCUT2D eigenvalue weighted by Gasteiger charge is 2.34. The Kier molecular flexibility index (Phi) is 5.88. The molecule has 3 aromatic rings. The van der Waals surface area contributed by atoms with Gasteiger partial charge in [-0.2, -0.15) is 13.9 Å². The van der Waals surface area contributed by atoms with Gasteiger partial charge in [0.2, 0.25) is 0 Å². The number of hydrogen-bond donors (Lipinski definition) is 0. The van der Waals surface area contributed by atoms with Crippen molar-refractivity contribution in [1.82, 2.24) is 19.2 Å². The van der Waals surface area contributed by atoms with Crippen molar-refractivity contribution < 1.29 is 27.8 Å². The van der Waals surface area contributed by atoms with Crippen LogP contribution in [0.25, 0.3) is 5.65 Å². The third kappa shape index (κ3) is 4.63. The van der Waals surface area contributed by atoms with Crippen LogP contribution in [0.1, 0.15) is 53.8 Å². The zero-order valence-electron chi connectivity index (χ0n) is 18.4. The SMILES string of the molecule is CC1(COc2cc3nc(C4CCOCC4)cn3cc2CC(=O)c2cnn(C(F)F)c2)COC1. The average Bonchev–Trinajstić information content (AvgIpc) is 3.44. The van der Waals surface area contributed by atoms with E-state index in [1.807, 2.05) is 22.9 Å². The molecular weight excluding hydrogens is 434 g/mol. The van der Waals surface area contributed by atoms with Crippen LogP contribution in [0.3, 0.4) is 0 Å². The second-order valence-corrected chi connectivity index (χ2v) is 9.16. The summed E-state index contributed by atoms with van der Waals surface area (Å²) in [5.41, 5.74) is 2.45. The van der Waals surface area contributed by atoms with Gasteiger partial charge in [0, 0.05) is 61.2 Å². The van der Waals surface area contributed by atoms with Gasteiger partial charge in [-0.3, -0.25) is 4.79 Å². The highest BCUT2D eigenvalue weighted by atomic mass is 19.3. The van der Waals surface area contributed by atoms with E-state index < -0.39 is 6.55 Å². The van der Waals surface area contributed by atoms with Gasteiger partial charge in [-0.25, -0.2) is 9.67 Å². The summed E-state index contributed by atoms with van der Waals surface area (Å²) in [5, 5.41) is 3.57. The molecule has 10 heteroatoms. The molecule has 0 N–H and O–H groups in total. The smallest absolute Gasteiger partial charge is 0.333 e. The van der Waals surface area contributed by atoms with Crippen LogP contribution in [0.5, 0.6) is 5.75 Å². The number of halogens is 2. The highest BCUT2D eigenvalue weighted by Crippen LogP contribution is 2.32. The lowest BCUT2D eigenvalue weighted by atomic mass is 9.90. The number of carbonyl (C=O) groups excluding carboxylic acids is 1. The third-order valence-corrected chi connectivity index (χ3v) is 6.24. The molecule has 8 nitrogen and oxygen atoms in total. The van der Waals surface area contributed by atoms with Crippen LogP contribution >= 0.6 is 0 Å². The minimum atomic E-state index is -2.79. The summed E-state index contributed by atoms with van der Waals surface area (Å²) < 4.78 is 45.0. The Morgan fingerprint density at radius 2 is 2.03 bits per heavy atom. The van der Waals surface area contributed by atoms with E-state index in [0.717, 1.165) is 43.6 Å². The summed E-state index contributed by atoms with van der Waals surface area (Å²) >= 11 is 0. The molecule has 0 atom stereocenters. The summed E-state index contributed by atoms with van der Waals surface area (Å²) in [6.45, 7) is 2.42. The number of pyridine rings is 1. The number of fused-ring (bicyclic) bond motifs is 1. The Morgan fingerprint density at radius 3 is 2.70 bits per heavy atom. The van der Waals surface area contributed by atoms with Crippen LogP contribution in [0, 0.1) is 5.41 Å². The van der Waals surface area contributed by atoms with Gasteiger partial charge < -0.3 is 18.6 Å². The summed E-state index contributed by atoms with van der Waals surface area (Å²) in [6.07, 6.45) is 7.91. The molecule has 2 aliphatic rings. The molecule has 3 aromatic heterocycles. The van der Waals surface area contributed by atoms with Gasteiger partial charge in [0.1, 0.15) is 11.4 Å². The second-order valence-electron chi connectivity index (χ2n) is 9.16. The number of rotatable bonds is 8. The molecule has 0 spiro atoms. The van der Waals surface area contributed by atoms with E-state index in [9.17, 15) is 13.6 Å².